The lowest BCUT2D eigenvalue weighted by molar-refractivity contribution is -0.118. The first-order valence-corrected chi connectivity index (χ1v) is 6.71. The van der Waals surface area contributed by atoms with Gasteiger partial charge in [0.15, 0.2) is 0 Å². The van der Waals surface area contributed by atoms with Crippen LogP contribution in [0.2, 0.25) is 0 Å². The van der Waals surface area contributed by atoms with Crippen LogP contribution in [0.5, 0.6) is 0 Å². The number of benzene rings is 1. The standard InChI is InChI=1S/C14H20N4O2/c1-9(2)12(15)13(19)17-10-4-3-5-11(8-10)18-7-6-16-14(18)20/h3-5,8-9,12H,6-7,15H2,1-2H3,(H,16,20)(H,17,19)/t12-/m1/s1. The van der Waals surface area contributed by atoms with Crippen molar-refractivity contribution >= 4 is 23.3 Å². The van der Waals surface area contributed by atoms with Crippen LogP contribution in [-0.2, 0) is 4.79 Å². The van der Waals surface area contributed by atoms with Crippen LogP contribution in [0.3, 0.4) is 0 Å². The van der Waals surface area contributed by atoms with Gasteiger partial charge in [0.25, 0.3) is 0 Å². The van der Waals surface area contributed by atoms with Gasteiger partial charge in [0.1, 0.15) is 0 Å². The van der Waals surface area contributed by atoms with E-state index in [1.54, 1.807) is 23.1 Å². The first kappa shape index (κ1) is 14.3. The van der Waals surface area contributed by atoms with Gasteiger partial charge in [-0.25, -0.2) is 4.79 Å². The molecule has 6 nitrogen and oxygen atoms in total. The number of carbonyl (C=O) groups excluding carboxylic acids is 2. The zero-order valence-corrected chi connectivity index (χ0v) is 11.7. The van der Waals surface area contributed by atoms with Gasteiger partial charge in [-0.1, -0.05) is 19.9 Å². The SMILES string of the molecule is CC(C)[C@@H](N)C(=O)Nc1cccc(N2CCNC2=O)c1. The molecule has 1 heterocycles. The van der Waals surface area contributed by atoms with E-state index in [0.29, 0.717) is 18.8 Å². The molecule has 0 bridgehead atoms. The maximum Gasteiger partial charge on any atom is 0.321 e. The van der Waals surface area contributed by atoms with E-state index in [9.17, 15) is 9.59 Å². The molecule has 0 spiro atoms. The second-order valence-corrected chi connectivity index (χ2v) is 5.19. The molecular weight excluding hydrogens is 256 g/mol. The Bertz CT molecular complexity index is 516. The van der Waals surface area contributed by atoms with Crippen LogP contribution in [0.1, 0.15) is 13.8 Å². The highest BCUT2D eigenvalue weighted by Crippen LogP contribution is 2.21. The minimum Gasteiger partial charge on any atom is -0.336 e. The van der Waals surface area contributed by atoms with Gasteiger partial charge in [0.05, 0.1) is 6.04 Å². The molecule has 1 atom stereocenters. The molecule has 6 heteroatoms. The molecule has 0 aromatic heterocycles. The molecule has 1 aliphatic rings. The fourth-order valence-corrected chi connectivity index (χ4v) is 2.00. The number of anilines is 2. The van der Waals surface area contributed by atoms with Crippen molar-refractivity contribution in [3.63, 3.8) is 0 Å². The Hall–Kier alpha value is -2.08. The molecule has 1 aliphatic heterocycles. The fraction of sp³-hybridized carbons (Fsp3) is 0.429. The van der Waals surface area contributed by atoms with Crippen molar-refractivity contribution in [1.82, 2.24) is 5.32 Å². The molecule has 20 heavy (non-hydrogen) atoms. The van der Waals surface area contributed by atoms with Crippen molar-refractivity contribution in [2.75, 3.05) is 23.3 Å². The van der Waals surface area contributed by atoms with Gasteiger partial charge < -0.3 is 16.4 Å². The lowest BCUT2D eigenvalue weighted by Crippen LogP contribution is -2.39. The summed E-state index contributed by atoms with van der Waals surface area (Å²) in [6.45, 7) is 5.06. The molecule has 0 radical (unpaired) electrons. The van der Waals surface area contributed by atoms with Crippen LogP contribution in [0.25, 0.3) is 0 Å². The number of hydrogen-bond donors (Lipinski definition) is 3. The maximum atomic E-state index is 11.9. The Morgan fingerprint density at radius 1 is 1.45 bits per heavy atom. The van der Waals surface area contributed by atoms with E-state index in [1.165, 1.54) is 0 Å². The summed E-state index contributed by atoms with van der Waals surface area (Å²) in [6, 6.07) is 6.53. The lowest BCUT2D eigenvalue weighted by atomic mass is 10.0. The summed E-state index contributed by atoms with van der Waals surface area (Å²) in [4.78, 5) is 25.2. The monoisotopic (exact) mass is 276 g/mol. The number of urea groups is 1. The van der Waals surface area contributed by atoms with Crippen LogP contribution >= 0.6 is 0 Å². The van der Waals surface area contributed by atoms with Crippen LogP contribution < -0.4 is 21.3 Å². The second kappa shape index (κ2) is 5.92. The van der Waals surface area contributed by atoms with E-state index in [0.717, 1.165) is 5.69 Å². The van der Waals surface area contributed by atoms with E-state index in [1.807, 2.05) is 19.9 Å². The van der Waals surface area contributed by atoms with Gasteiger partial charge >= 0.3 is 6.03 Å². The van der Waals surface area contributed by atoms with E-state index in [2.05, 4.69) is 10.6 Å². The molecule has 0 aliphatic carbocycles. The second-order valence-electron chi connectivity index (χ2n) is 5.19. The molecule has 4 N–H and O–H groups in total. The molecule has 108 valence electrons. The summed E-state index contributed by atoms with van der Waals surface area (Å²) >= 11 is 0. The number of hydrogen-bond acceptors (Lipinski definition) is 3. The Morgan fingerprint density at radius 3 is 2.80 bits per heavy atom. The van der Waals surface area contributed by atoms with Gasteiger partial charge in [-0.05, 0) is 24.1 Å². The molecule has 0 unspecified atom stereocenters. The highest BCUT2D eigenvalue weighted by molar-refractivity contribution is 5.97. The van der Waals surface area contributed by atoms with Gasteiger partial charge in [0, 0.05) is 24.5 Å². The Morgan fingerprint density at radius 2 is 2.20 bits per heavy atom. The van der Waals surface area contributed by atoms with Crippen LogP contribution in [0, 0.1) is 5.92 Å². The zero-order valence-electron chi connectivity index (χ0n) is 11.7. The normalized spacial score (nSPS) is 16.2. The van der Waals surface area contributed by atoms with Crippen molar-refractivity contribution in [3.8, 4) is 0 Å². The molecule has 1 aromatic rings. The van der Waals surface area contributed by atoms with E-state index >= 15 is 0 Å². The van der Waals surface area contributed by atoms with Crippen molar-refractivity contribution in [3.05, 3.63) is 24.3 Å². The number of amides is 3. The summed E-state index contributed by atoms with van der Waals surface area (Å²) < 4.78 is 0. The molecule has 0 saturated carbocycles. The van der Waals surface area contributed by atoms with Crippen molar-refractivity contribution in [2.45, 2.75) is 19.9 Å². The summed E-state index contributed by atoms with van der Waals surface area (Å²) in [5, 5.41) is 5.52. The predicted octanol–water partition coefficient (Wildman–Crippen LogP) is 1.14. The molecular formula is C14H20N4O2. The van der Waals surface area contributed by atoms with Crippen molar-refractivity contribution in [2.24, 2.45) is 11.7 Å². The zero-order chi connectivity index (χ0) is 14.7. The number of nitrogens with two attached hydrogens (primary N) is 1. The summed E-state index contributed by atoms with van der Waals surface area (Å²) in [5.41, 5.74) is 7.21. The fourth-order valence-electron chi connectivity index (χ4n) is 2.00. The van der Waals surface area contributed by atoms with E-state index < -0.39 is 6.04 Å². The van der Waals surface area contributed by atoms with Crippen LogP contribution in [0.4, 0.5) is 16.2 Å². The first-order valence-electron chi connectivity index (χ1n) is 6.71. The first-order chi connectivity index (χ1) is 9.49. The Labute approximate surface area is 118 Å². The van der Waals surface area contributed by atoms with Crippen LogP contribution in [0.15, 0.2) is 24.3 Å². The highest BCUT2D eigenvalue weighted by atomic mass is 16.2. The smallest absolute Gasteiger partial charge is 0.321 e. The molecule has 2 rings (SSSR count). The van der Waals surface area contributed by atoms with Gasteiger partial charge in [-0.3, -0.25) is 9.69 Å². The molecule has 1 aromatic carbocycles. The molecule has 1 saturated heterocycles. The number of carbonyl (C=O) groups is 2. The summed E-state index contributed by atoms with van der Waals surface area (Å²) in [6.07, 6.45) is 0. The topological polar surface area (TPSA) is 87.5 Å². The summed E-state index contributed by atoms with van der Waals surface area (Å²) in [5.74, 6) is -0.148. The van der Waals surface area contributed by atoms with Gasteiger partial charge in [-0.2, -0.15) is 0 Å². The number of nitrogens with zero attached hydrogens (tertiary/aromatic N) is 1. The lowest BCUT2D eigenvalue weighted by Gasteiger charge is -2.18. The van der Waals surface area contributed by atoms with E-state index in [4.69, 9.17) is 5.73 Å². The third-order valence-corrected chi connectivity index (χ3v) is 3.30. The minimum absolute atomic E-state index is 0.0718. The van der Waals surface area contributed by atoms with E-state index in [-0.39, 0.29) is 17.9 Å². The van der Waals surface area contributed by atoms with Gasteiger partial charge in [0.2, 0.25) is 5.91 Å². The predicted molar refractivity (Wildman–Crippen MR) is 78.6 cm³/mol. The molecule has 1 fully saturated rings. The van der Waals surface area contributed by atoms with Crippen molar-refractivity contribution in [1.29, 1.82) is 0 Å². The Kier molecular flexibility index (Phi) is 4.24. The minimum atomic E-state index is -0.547. The van der Waals surface area contributed by atoms with Crippen molar-refractivity contribution < 1.29 is 9.59 Å². The summed E-state index contributed by atoms with van der Waals surface area (Å²) in [7, 11) is 0. The average molecular weight is 276 g/mol. The largest absolute Gasteiger partial charge is 0.336 e. The number of rotatable bonds is 4. The highest BCUT2D eigenvalue weighted by Gasteiger charge is 2.22. The van der Waals surface area contributed by atoms with Gasteiger partial charge in [-0.15, -0.1) is 0 Å². The number of nitrogens with one attached hydrogen (secondary N) is 2. The quantitative estimate of drug-likeness (QED) is 0.770. The third kappa shape index (κ3) is 3.08. The third-order valence-electron chi connectivity index (χ3n) is 3.30. The average Bonchev–Trinajstić information content (AvgIpc) is 2.84. The Balaban J connectivity index is 2.10. The molecule has 3 amide bonds. The van der Waals surface area contributed by atoms with Crippen LogP contribution in [-0.4, -0.2) is 31.1 Å². The maximum absolute atomic E-state index is 11.9.